The molecule has 21 heavy (non-hydrogen) atoms. The van der Waals surface area contributed by atoms with E-state index < -0.39 is 0 Å². The highest BCUT2D eigenvalue weighted by atomic mass is 16.4. The summed E-state index contributed by atoms with van der Waals surface area (Å²) in [5, 5.41) is 3.14. The van der Waals surface area contributed by atoms with E-state index in [9.17, 15) is 0 Å². The molecule has 0 fully saturated rings. The maximum absolute atomic E-state index is 5.62. The maximum atomic E-state index is 5.62. The van der Waals surface area contributed by atoms with Gasteiger partial charge in [-0.1, -0.05) is 12.1 Å². The molecule has 0 aliphatic carbocycles. The predicted molar refractivity (Wildman–Crippen MR) is 79.2 cm³/mol. The molecule has 102 valence electrons. The minimum absolute atomic E-state index is 0.476. The molecule has 5 nitrogen and oxygen atoms in total. The first kappa shape index (κ1) is 11.7. The van der Waals surface area contributed by atoms with Gasteiger partial charge in [0, 0.05) is 11.3 Å². The van der Waals surface area contributed by atoms with E-state index in [-0.39, 0.29) is 0 Å². The van der Waals surface area contributed by atoms with Gasteiger partial charge in [-0.3, -0.25) is 0 Å². The average Bonchev–Trinajstić information content (AvgIpc) is 3.17. The van der Waals surface area contributed by atoms with Crippen molar-refractivity contribution in [2.75, 3.05) is 5.32 Å². The van der Waals surface area contributed by atoms with Crippen molar-refractivity contribution >= 4 is 22.8 Å². The molecule has 0 aliphatic heterocycles. The second-order valence-corrected chi connectivity index (χ2v) is 4.55. The van der Waals surface area contributed by atoms with Gasteiger partial charge in [-0.05, 0) is 36.4 Å². The molecule has 0 spiro atoms. The van der Waals surface area contributed by atoms with Crippen LogP contribution in [0, 0.1) is 0 Å². The summed E-state index contributed by atoms with van der Waals surface area (Å²) in [6.45, 7) is 0. The first-order valence-electron chi connectivity index (χ1n) is 6.50. The fourth-order valence-electron chi connectivity index (χ4n) is 2.13. The summed E-state index contributed by atoms with van der Waals surface area (Å²) in [7, 11) is 0. The quantitative estimate of drug-likeness (QED) is 0.607. The summed E-state index contributed by atoms with van der Waals surface area (Å²) in [6.07, 6.45) is 3.10. The minimum Gasteiger partial charge on any atom is -0.444 e. The Kier molecular flexibility index (Phi) is 2.67. The minimum atomic E-state index is 0.476. The Hall–Kier alpha value is -3.08. The van der Waals surface area contributed by atoms with Crippen molar-refractivity contribution in [3.63, 3.8) is 0 Å². The lowest BCUT2D eigenvalue weighted by Crippen LogP contribution is -1.89. The second-order valence-electron chi connectivity index (χ2n) is 4.55. The number of rotatable bonds is 3. The molecule has 1 N–H and O–H groups in total. The Labute approximate surface area is 120 Å². The molecule has 2 heterocycles. The smallest absolute Gasteiger partial charge is 0.300 e. The van der Waals surface area contributed by atoms with Crippen molar-refractivity contribution in [1.82, 2.24) is 9.97 Å². The lowest BCUT2D eigenvalue weighted by atomic mass is 10.2. The Balaban J connectivity index is 1.59. The van der Waals surface area contributed by atoms with Crippen molar-refractivity contribution in [3.05, 3.63) is 61.1 Å². The van der Waals surface area contributed by atoms with Crippen LogP contribution in [-0.4, -0.2) is 9.97 Å². The number of hydrogen-bond donors (Lipinski definition) is 1. The predicted octanol–water partition coefficient (Wildman–Crippen LogP) is 4.23. The SMILES string of the molecule is c1ccc2oc(Nc3ccc(-c4cnco4)cc3)nc2c1. The Morgan fingerprint density at radius 1 is 0.952 bits per heavy atom. The number of nitrogens with one attached hydrogen (secondary N) is 1. The van der Waals surface area contributed by atoms with Crippen LogP contribution in [0.3, 0.4) is 0 Å². The molecule has 0 aliphatic rings. The highest BCUT2D eigenvalue weighted by Crippen LogP contribution is 2.24. The van der Waals surface area contributed by atoms with Crippen LogP contribution in [0.15, 0.2) is 70.0 Å². The zero-order chi connectivity index (χ0) is 14.1. The molecule has 0 amide bonds. The molecule has 5 heteroatoms. The second kappa shape index (κ2) is 4.79. The monoisotopic (exact) mass is 277 g/mol. The molecular formula is C16H11N3O2. The van der Waals surface area contributed by atoms with Gasteiger partial charge in [0.1, 0.15) is 5.52 Å². The number of aromatic nitrogens is 2. The van der Waals surface area contributed by atoms with Gasteiger partial charge in [0.05, 0.1) is 6.20 Å². The Morgan fingerprint density at radius 2 is 1.81 bits per heavy atom. The van der Waals surface area contributed by atoms with Crippen LogP contribution < -0.4 is 5.32 Å². The van der Waals surface area contributed by atoms with Crippen molar-refractivity contribution < 1.29 is 8.83 Å². The molecule has 0 bridgehead atoms. The maximum Gasteiger partial charge on any atom is 0.300 e. The lowest BCUT2D eigenvalue weighted by Gasteiger charge is -2.02. The van der Waals surface area contributed by atoms with Crippen LogP contribution in [0.4, 0.5) is 11.7 Å². The van der Waals surface area contributed by atoms with Gasteiger partial charge < -0.3 is 14.2 Å². The number of anilines is 2. The van der Waals surface area contributed by atoms with Crippen LogP contribution in [0.1, 0.15) is 0 Å². The summed E-state index contributed by atoms with van der Waals surface area (Å²) < 4.78 is 10.9. The largest absolute Gasteiger partial charge is 0.444 e. The molecule has 4 aromatic rings. The van der Waals surface area contributed by atoms with Crippen LogP contribution in [-0.2, 0) is 0 Å². The fraction of sp³-hybridized carbons (Fsp3) is 0. The summed E-state index contributed by atoms with van der Waals surface area (Å²) in [4.78, 5) is 8.28. The van der Waals surface area contributed by atoms with Gasteiger partial charge in [-0.2, -0.15) is 4.98 Å². The third-order valence-electron chi connectivity index (χ3n) is 3.15. The standard InChI is InChI=1S/C16H11N3O2/c1-2-4-14-13(3-1)19-16(21-14)18-12-7-5-11(6-8-12)15-9-17-10-20-15/h1-10H,(H,18,19). The van der Waals surface area contributed by atoms with Gasteiger partial charge in [0.2, 0.25) is 0 Å². The summed E-state index contributed by atoms with van der Waals surface area (Å²) in [5.74, 6) is 0.739. The van der Waals surface area contributed by atoms with Crippen molar-refractivity contribution in [2.24, 2.45) is 0 Å². The highest BCUT2D eigenvalue weighted by Gasteiger charge is 2.06. The van der Waals surface area contributed by atoms with Crippen LogP contribution in [0.25, 0.3) is 22.4 Å². The average molecular weight is 277 g/mol. The lowest BCUT2D eigenvalue weighted by molar-refractivity contribution is 0.572. The van der Waals surface area contributed by atoms with Crippen molar-refractivity contribution in [1.29, 1.82) is 0 Å². The van der Waals surface area contributed by atoms with E-state index >= 15 is 0 Å². The van der Waals surface area contributed by atoms with Crippen molar-refractivity contribution in [2.45, 2.75) is 0 Å². The molecule has 0 saturated carbocycles. The molecule has 0 atom stereocenters. The van der Waals surface area contributed by atoms with Gasteiger partial charge in [0.25, 0.3) is 6.01 Å². The summed E-state index contributed by atoms with van der Waals surface area (Å²) in [6, 6.07) is 15.9. The van der Waals surface area contributed by atoms with E-state index in [4.69, 9.17) is 8.83 Å². The molecule has 4 rings (SSSR count). The molecule has 2 aromatic heterocycles. The van der Waals surface area contributed by atoms with Gasteiger partial charge >= 0.3 is 0 Å². The fourth-order valence-corrected chi connectivity index (χ4v) is 2.13. The first-order chi connectivity index (χ1) is 10.4. The Bertz CT molecular complexity index is 831. The van der Waals surface area contributed by atoms with Crippen molar-refractivity contribution in [3.8, 4) is 11.3 Å². The molecule has 0 unspecified atom stereocenters. The summed E-state index contributed by atoms with van der Waals surface area (Å²) >= 11 is 0. The number of benzene rings is 2. The molecule has 2 aromatic carbocycles. The van der Waals surface area contributed by atoms with E-state index in [0.29, 0.717) is 6.01 Å². The van der Waals surface area contributed by atoms with E-state index in [1.54, 1.807) is 6.20 Å². The van der Waals surface area contributed by atoms with Crippen LogP contribution in [0.5, 0.6) is 0 Å². The van der Waals surface area contributed by atoms with Crippen LogP contribution in [0.2, 0.25) is 0 Å². The van der Waals surface area contributed by atoms with Gasteiger partial charge in [0.15, 0.2) is 17.7 Å². The number of oxazole rings is 2. The van der Waals surface area contributed by atoms with Gasteiger partial charge in [-0.25, -0.2) is 4.98 Å². The summed E-state index contributed by atoms with van der Waals surface area (Å²) in [5.41, 5.74) is 3.46. The molecular weight excluding hydrogens is 266 g/mol. The Morgan fingerprint density at radius 3 is 2.57 bits per heavy atom. The van der Waals surface area contributed by atoms with Gasteiger partial charge in [-0.15, -0.1) is 0 Å². The third kappa shape index (κ3) is 2.25. The topological polar surface area (TPSA) is 64.1 Å². The normalized spacial score (nSPS) is 10.9. The van der Waals surface area contributed by atoms with E-state index in [1.807, 2.05) is 48.5 Å². The number of para-hydroxylation sites is 2. The van der Waals surface area contributed by atoms with E-state index in [1.165, 1.54) is 6.39 Å². The van der Waals surface area contributed by atoms with Crippen LogP contribution >= 0.6 is 0 Å². The van der Waals surface area contributed by atoms with E-state index in [2.05, 4.69) is 15.3 Å². The number of nitrogens with zero attached hydrogens (tertiary/aromatic N) is 2. The molecule has 0 radical (unpaired) electrons. The van der Waals surface area contributed by atoms with E-state index in [0.717, 1.165) is 28.1 Å². The number of hydrogen-bond acceptors (Lipinski definition) is 5. The molecule has 0 saturated heterocycles. The zero-order valence-electron chi connectivity index (χ0n) is 11.0. The zero-order valence-corrected chi connectivity index (χ0v) is 11.0. The first-order valence-corrected chi connectivity index (χ1v) is 6.50. The third-order valence-corrected chi connectivity index (χ3v) is 3.15. The highest BCUT2D eigenvalue weighted by molar-refractivity contribution is 5.75. The number of fused-ring (bicyclic) bond motifs is 1.